The van der Waals surface area contributed by atoms with Crippen molar-refractivity contribution in [3.63, 3.8) is 0 Å². The lowest BCUT2D eigenvalue weighted by atomic mass is 9.93. The summed E-state index contributed by atoms with van der Waals surface area (Å²) in [5, 5.41) is 1.99. The van der Waals surface area contributed by atoms with Crippen molar-refractivity contribution in [3.8, 4) is 5.75 Å². The lowest BCUT2D eigenvalue weighted by Gasteiger charge is -2.39. The standard InChI is InChI=1S/C27H32ClF3N2O5/c1-8-32(24(36)20-11-10-19(13-18(20)15-34)37-26(5,6)7)33(16-25(2,3)4)23(35)17-9-12-21(28)22(14-17)38-27(29,30)31/h9-14,20H,8,16H2,1-7H3. The van der Waals surface area contributed by atoms with Crippen LogP contribution in [-0.2, 0) is 14.3 Å². The Balaban J connectivity index is 2.47. The third kappa shape index (κ3) is 8.67. The molecule has 0 saturated carbocycles. The van der Waals surface area contributed by atoms with Crippen molar-refractivity contribution >= 4 is 29.4 Å². The van der Waals surface area contributed by atoms with E-state index in [1.807, 2.05) is 41.5 Å². The van der Waals surface area contributed by atoms with Crippen LogP contribution >= 0.6 is 11.6 Å². The summed E-state index contributed by atoms with van der Waals surface area (Å²) in [4.78, 5) is 39.1. The minimum absolute atomic E-state index is 0.0192. The Morgan fingerprint density at radius 3 is 2.18 bits per heavy atom. The number of halogens is 4. The van der Waals surface area contributed by atoms with Crippen molar-refractivity contribution in [3.05, 3.63) is 58.3 Å². The molecule has 0 spiro atoms. The van der Waals surface area contributed by atoms with E-state index in [2.05, 4.69) is 4.74 Å². The van der Waals surface area contributed by atoms with Crippen LogP contribution in [0.5, 0.6) is 5.75 Å². The van der Waals surface area contributed by atoms with Crippen molar-refractivity contribution in [2.75, 3.05) is 13.1 Å². The van der Waals surface area contributed by atoms with Gasteiger partial charge in [-0.1, -0.05) is 38.4 Å². The van der Waals surface area contributed by atoms with E-state index in [1.165, 1.54) is 23.2 Å². The Bertz CT molecular complexity index is 1170. The third-order valence-electron chi connectivity index (χ3n) is 5.00. The SMILES string of the molecule is CCN(C(=O)C1C=CC(OC(C)(C)C)=CC1=C=O)N(CC(C)(C)C)C(=O)c1ccc(Cl)c(OC(F)(F)F)c1. The predicted octanol–water partition coefficient (Wildman–Crippen LogP) is 6.13. The number of carbonyl (C=O) groups excluding carboxylic acids is 3. The molecule has 11 heteroatoms. The molecule has 2 amide bonds. The van der Waals surface area contributed by atoms with Crippen LogP contribution in [-0.4, -0.2) is 52.8 Å². The second-order valence-electron chi connectivity index (χ2n) is 10.8. The molecule has 2 rings (SSSR count). The maximum Gasteiger partial charge on any atom is 0.573 e. The molecule has 0 aliphatic heterocycles. The van der Waals surface area contributed by atoms with Crippen molar-refractivity contribution in [2.24, 2.45) is 11.3 Å². The summed E-state index contributed by atoms with van der Waals surface area (Å²) < 4.78 is 48.2. The van der Waals surface area contributed by atoms with E-state index < -0.39 is 40.9 Å². The summed E-state index contributed by atoms with van der Waals surface area (Å²) >= 11 is 5.84. The van der Waals surface area contributed by atoms with Gasteiger partial charge in [-0.2, -0.15) is 0 Å². The molecule has 208 valence electrons. The summed E-state index contributed by atoms with van der Waals surface area (Å²) in [5.74, 6) is -0.971. The minimum atomic E-state index is -5.02. The molecule has 0 fully saturated rings. The molecule has 1 aromatic rings. The minimum Gasteiger partial charge on any atom is -0.488 e. The van der Waals surface area contributed by atoms with Crippen LogP contribution in [0.25, 0.3) is 0 Å². The summed E-state index contributed by atoms with van der Waals surface area (Å²) in [5.41, 5.74) is -1.21. The molecule has 0 bridgehead atoms. The Kier molecular flexibility index (Phi) is 9.51. The molecule has 1 atom stereocenters. The first-order valence-electron chi connectivity index (χ1n) is 11.9. The van der Waals surface area contributed by atoms with Crippen LogP contribution in [0.15, 0.2) is 47.8 Å². The number of amides is 2. The van der Waals surface area contributed by atoms with Crippen molar-refractivity contribution in [1.29, 1.82) is 0 Å². The van der Waals surface area contributed by atoms with Gasteiger partial charge >= 0.3 is 6.36 Å². The van der Waals surface area contributed by atoms with Gasteiger partial charge in [0, 0.05) is 18.7 Å². The van der Waals surface area contributed by atoms with Gasteiger partial charge in [0.2, 0.25) is 0 Å². The monoisotopic (exact) mass is 556 g/mol. The fourth-order valence-electron chi connectivity index (χ4n) is 3.62. The van der Waals surface area contributed by atoms with Crippen molar-refractivity contribution in [2.45, 2.75) is 60.4 Å². The molecule has 0 radical (unpaired) electrons. The van der Waals surface area contributed by atoms with Crippen molar-refractivity contribution < 1.29 is 37.0 Å². The zero-order valence-electron chi connectivity index (χ0n) is 22.4. The van der Waals surface area contributed by atoms with E-state index in [0.717, 1.165) is 17.1 Å². The molecule has 1 aliphatic rings. The predicted molar refractivity (Wildman–Crippen MR) is 137 cm³/mol. The first-order valence-corrected chi connectivity index (χ1v) is 12.3. The number of rotatable bonds is 6. The molecule has 38 heavy (non-hydrogen) atoms. The highest BCUT2D eigenvalue weighted by Gasteiger charge is 2.36. The van der Waals surface area contributed by atoms with Gasteiger partial charge in [0.15, 0.2) is 0 Å². The highest BCUT2D eigenvalue weighted by molar-refractivity contribution is 6.32. The zero-order valence-corrected chi connectivity index (χ0v) is 23.2. The molecule has 1 unspecified atom stereocenters. The van der Waals surface area contributed by atoms with E-state index in [-0.39, 0.29) is 29.2 Å². The molecule has 1 aromatic carbocycles. The number of hydrogen-bond acceptors (Lipinski definition) is 5. The highest BCUT2D eigenvalue weighted by Crippen LogP contribution is 2.32. The zero-order chi connectivity index (χ0) is 29.1. The lowest BCUT2D eigenvalue weighted by molar-refractivity contribution is -0.274. The second-order valence-corrected chi connectivity index (χ2v) is 11.2. The van der Waals surface area contributed by atoms with Crippen molar-refractivity contribution in [1.82, 2.24) is 10.0 Å². The van der Waals surface area contributed by atoms with E-state index in [9.17, 15) is 27.6 Å². The summed E-state index contributed by atoms with van der Waals surface area (Å²) in [6.07, 6.45) is -0.539. The number of nitrogens with zero attached hydrogens (tertiary/aromatic N) is 2. The number of allylic oxidation sites excluding steroid dienone is 2. The first kappa shape index (κ1) is 31.0. The number of carbonyl (C=O) groups is 2. The summed E-state index contributed by atoms with van der Waals surface area (Å²) in [6, 6.07) is 3.24. The normalized spacial score (nSPS) is 15.9. The van der Waals surface area contributed by atoms with Gasteiger partial charge in [0.1, 0.15) is 23.1 Å². The summed E-state index contributed by atoms with van der Waals surface area (Å²) in [7, 11) is 0. The van der Waals surface area contributed by atoms with Crippen LogP contribution in [0.2, 0.25) is 5.02 Å². The molecule has 0 aromatic heterocycles. The van der Waals surface area contributed by atoms with E-state index in [1.54, 1.807) is 18.9 Å². The van der Waals surface area contributed by atoms with Crippen LogP contribution in [0.3, 0.4) is 0 Å². The number of benzene rings is 1. The molecule has 0 heterocycles. The Morgan fingerprint density at radius 1 is 1.05 bits per heavy atom. The van der Waals surface area contributed by atoms with Gasteiger partial charge in [-0.15, -0.1) is 13.2 Å². The van der Waals surface area contributed by atoms with Gasteiger partial charge in [0.05, 0.1) is 16.5 Å². The molecule has 7 nitrogen and oxygen atoms in total. The average molecular weight is 557 g/mol. The van der Waals surface area contributed by atoms with Crippen LogP contribution < -0.4 is 4.74 Å². The molecule has 0 N–H and O–H groups in total. The second kappa shape index (κ2) is 11.7. The number of hydrogen-bond donors (Lipinski definition) is 0. The first-order chi connectivity index (χ1) is 17.3. The van der Waals surface area contributed by atoms with E-state index >= 15 is 0 Å². The molecule has 0 saturated heterocycles. The maximum atomic E-state index is 13.7. The van der Waals surface area contributed by atoms with Gasteiger partial charge in [0.25, 0.3) is 11.8 Å². The Hall–Kier alpha value is -3.23. The number of hydrazine groups is 1. The average Bonchev–Trinajstić information content (AvgIpc) is 2.76. The maximum absolute atomic E-state index is 13.7. The quantitative estimate of drug-likeness (QED) is 0.311. The number of ether oxygens (including phenoxy) is 2. The molecule has 1 aliphatic carbocycles. The largest absolute Gasteiger partial charge is 0.573 e. The Labute approximate surface area is 225 Å². The van der Waals surface area contributed by atoms with E-state index in [4.69, 9.17) is 16.3 Å². The van der Waals surface area contributed by atoms with Crippen LogP contribution in [0, 0.1) is 11.3 Å². The lowest BCUT2D eigenvalue weighted by Crippen LogP contribution is -2.54. The van der Waals surface area contributed by atoms with Gasteiger partial charge in [-0.25, -0.2) is 9.80 Å². The van der Waals surface area contributed by atoms with Crippen LogP contribution in [0.4, 0.5) is 13.2 Å². The topological polar surface area (TPSA) is 76.2 Å². The van der Waals surface area contributed by atoms with Gasteiger partial charge in [-0.05, 0) is 63.5 Å². The molecular weight excluding hydrogens is 525 g/mol. The van der Waals surface area contributed by atoms with Crippen LogP contribution in [0.1, 0.15) is 58.8 Å². The Morgan fingerprint density at radius 2 is 1.68 bits per heavy atom. The molecular formula is C27H32ClF3N2O5. The fourth-order valence-corrected chi connectivity index (χ4v) is 3.78. The van der Waals surface area contributed by atoms with E-state index in [0.29, 0.717) is 5.76 Å². The van der Waals surface area contributed by atoms with Gasteiger partial charge in [-0.3, -0.25) is 14.6 Å². The fraction of sp³-hybridized carbons (Fsp3) is 0.481. The number of alkyl halides is 3. The highest BCUT2D eigenvalue weighted by atomic mass is 35.5. The third-order valence-corrected chi connectivity index (χ3v) is 5.31. The summed E-state index contributed by atoms with van der Waals surface area (Å²) in [6.45, 7) is 12.7. The smallest absolute Gasteiger partial charge is 0.488 e. The van der Waals surface area contributed by atoms with Gasteiger partial charge < -0.3 is 9.47 Å².